The Labute approximate surface area is 158 Å². The van der Waals surface area contributed by atoms with E-state index in [9.17, 15) is 24.4 Å². The largest absolute Gasteiger partial charge is 0.465 e. The quantitative estimate of drug-likeness (QED) is 0.440. The summed E-state index contributed by atoms with van der Waals surface area (Å²) in [4.78, 5) is 27.2. The summed E-state index contributed by atoms with van der Waals surface area (Å²) < 4.78 is 14.8. The predicted octanol–water partition coefficient (Wildman–Crippen LogP) is 3.55. The maximum absolute atomic E-state index is 14.4. The Balaban J connectivity index is 0.00000225. The Kier molecular flexibility index (Phi) is 5.88. The molecule has 10 heteroatoms. The number of carboxylic acid groups (broad SMARTS) is 1. The SMILES string of the molecule is Cl.O=C(O)N1C[C@@H]2CC[C@@](C(C[N+](=O)[O-])c3c(Br)ccnc3F)(C2)C1. The van der Waals surface area contributed by atoms with Crippen LogP contribution in [0, 0.1) is 27.4 Å². The molecular weight excluding hydrogens is 421 g/mol. The fourth-order valence-corrected chi connectivity index (χ4v) is 4.93. The molecule has 7 nitrogen and oxygen atoms in total. The molecule has 138 valence electrons. The van der Waals surface area contributed by atoms with E-state index < -0.39 is 34.8 Å². The molecule has 1 saturated carbocycles. The zero-order chi connectivity index (χ0) is 17.5. The third-order valence-corrected chi connectivity index (χ3v) is 6.00. The predicted molar refractivity (Wildman–Crippen MR) is 93.1 cm³/mol. The maximum Gasteiger partial charge on any atom is 0.407 e. The van der Waals surface area contributed by atoms with Gasteiger partial charge in [0, 0.05) is 39.7 Å². The Morgan fingerprint density at radius 1 is 1.64 bits per heavy atom. The lowest BCUT2D eigenvalue weighted by Gasteiger charge is -2.43. The highest BCUT2D eigenvalue weighted by atomic mass is 79.9. The lowest BCUT2D eigenvalue weighted by molar-refractivity contribution is -0.487. The van der Waals surface area contributed by atoms with Gasteiger partial charge in [-0.3, -0.25) is 10.1 Å². The highest BCUT2D eigenvalue weighted by Crippen LogP contribution is 2.55. The van der Waals surface area contributed by atoms with Crippen molar-refractivity contribution in [3.63, 3.8) is 0 Å². The standard InChI is InChI=1S/C15H17BrFN3O4.ClH/c16-11-2-4-18-13(17)12(11)10(7-20(23)24)15-3-1-9(5-15)6-19(8-15)14(21)22;/h2,4,9-10H,1,3,5-8H2,(H,21,22);1H/t9-,10?,15-;/m1./s1. The van der Waals surface area contributed by atoms with Crippen molar-refractivity contribution in [1.29, 1.82) is 0 Å². The van der Waals surface area contributed by atoms with Crippen LogP contribution >= 0.6 is 28.3 Å². The van der Waals surface area contributed by atoms with Crippen molar-refractivity contribution >= 4 is 34.4 Å². The number of fused-ring (bicyclic) bond motifs is 2. The number of carbonyl (C=O) groups is 1. The summed E-state index contributed by atoms with van der Waals surface area (Å²) in [6, 6.07) is 1.56. The van der Waals surface area contributed by atoms with Gasteiger partial charge in [-0.1, -0.05) is 15.9 Å². The van der Waals surface area contributed by atoms with E-state index in [1.54, 1.807) is 6.07 Å². The minimum Gasteiger partial charge on any atom is -0.465 e. The normalized spacial score (nSPS) is 26.0. The summed E-state index contributed by atoms with van der Waals surface area (Å²) in [5, 5.41) is 20.6. The van der Waals surface area contributed by atoms with Gasteiger partial charge in [0.05, 0.1) is 5.92 Å². The van der Waals surface area contributed by atoms with Gasteiger partial charge in [-0.15, -0.1) is 12.4 Å². The Morgan fingerprint density at radius 2 is 2.36 bits per heavy atom. The van der Waals surface area contributed by atoms with Crippen LogP contribution in [0.15, 0.2) is 16.7 Å². The molecule has 1 aromatic heterocycles. The third kappa shape index (κ3) is 3.72. The first kappa shape index (κ1) is 19.8. The highest BCUT2D eigenvalue weighted by Gasteiger charge is 2.53. The second-order valence-corrected chi connectivity index (χ2v) is 7.55. The summed E-state index contributed by atoms with van der Waals surface area (Å²) in [5.41, 5.74) is -0.442. The molecule has 0 radical (unpaired) electrons. The van der Waals surface area contributed by atoms with Crippen molar-refractivity contribution < 1.29 is 19.2 Å². The molecule has 1 aliphatic heterocycles. The van der Waals surface area contributed by atoms with Crippen LogP contribution in [0.3, 0.4) is 0 Å². The van der Waals surface area contributed by atoms with Crippen molar-refractivity contribution in [3.8, 4) is 0 Å². The van der Waals surface area contributed by atoms with E-state index in [4.69, 9.17) is 0 Å². The zero-order valence-corrected chi connectivity index (χ0v) is 15.6. The van der Waals surface area contributed by atoms with Crippen LogP contribution in [0.5, 0.6) is 0 Å². The molecule has 1 amide bonds. The van der Waals surface area contributed by atoms with Gasteiger partial charge in [-0.2, -0.15) is 4.39 Å². The van der Waals surface area contributed by atoms with Crippen LogP contribution in [0.1, 0.15) is 30.7 Å². The van der Waals surface area contributed by atoms with Crippen LogP contribution in [-0.2, 0) is 0 Å². The molecule has 2 heterocycles. The Bertz CT molecular complexity index is 674. The lowest BCUT2D eigenvalue weighted by Crippen LogP contribution is -2.49. The zero-order valence-electron chi connectivity index (χ0n) is 13.2. The molecule has 2 fully saturated rings. The Hall–Kier alpha value is -1.48. The number of likely N-dealkylation sites (tertiary alicyclic amines) is 1. The van der Waals surface area contributed by atoms with Gasteiger partial charge < -0.3 is 10.0 Å². The van der Waals surface area contributed by atoms with Gasteiger partial charge in [0.25, 0.3) is 0 Å². The summed E-state index contributed by atoms with van der Waals surface area (Å²) in [6.45, 7) is 0.193. The molecule has 0 aromatic carbocycles. The van der Waals surface area contributed by atoms with Crippen LogP contribution in [-0.4, -0.2) is 45.6 Å². The van der Waals surface area contributed by atoms with E-state index >= 15 is 0 Å². The van der Waals surface area contributed by atoms with Crippen molar-refractivity contribution in [2.24, 2.45) is 11.3 Å². The summed E-state index contributed by atoms with van der Waals surface area (Å²) >= 11 is 3.28. The first-order valence-electron chi connectivity index (χ1n) is 7.72. The van der Waals surface area contributed by atoms with Crippen LogP contribution in [0.2, 0.25) is 0 Å². The van der Waals surface area contributed by atoms with E-state index in [1.165, 1.54) is 11.1 Å². The van der Waals surface area contributed by atoms with Gasteiger partial charge in [0.2, 0.25) is 12.5 Å². The third-order valence-electron chi connectivity index (χ3n) is 5.31. The number of aromatic nitrogens is 1. The molecule has 1 aliphatic carbocycles. The number of rotatable bonds is 4. The van der Waals surface area contributed by atoms with E-state index in [-0.39, 0.29) is 30.4 Å². The summed E-state index contributed by atoms with van der Waals surface area (Å²) in [5.74, 6) is -1.29. The second kappa shape index (κ2) is 7.41. The fraction of sp³-hybridized carbons (Fsp3) is 0.600. The molecule has 2 aliphatic rings. The van der Waals surface area contributed by atoms with Crippen molar-refractivity contribution in [1.82, 2.24) is 9.88 Å². The van der Waals surface area contributed by atoms with E-state index in [2.05, 4.69) is 20.9 Å². The molecule has 2 bridgehead atoms. The average Bonchev–Trinajstić information content (AvgIpc) is 2.81. The minimum atomic E-state index is -1.03. The molecule has 3 atom stereocenters. The molecule has 1 saturated heterocycles. The molecule has 1 N–H and O–H groups in total. The number of hydrogen-bond acceptors (Lipinski definition) is 4. The number of nitro groups is 1. The molecule has 1 unspecified atom stereocenters. The topological polar surface area (TPSA) is 96.6 Å². The highest BCUT2D eigenvalue weighted by molar-refractivity contribution is 9.10. The number of hydrogen-bond donors (Lipinski definition) is 1. The number of piperidine rings is 1. The van der Waals surface area contributed by atoms with Crippen molar-refractivity contribution in [2.45, 2.75) is 25.2 Å². The van der Waals surface area contributed by atoms with Crippen molar-refractivity contribution in [3.05, 3.63) is 38.4 Å². The van der Waals surface area contributed by atoms with Gasteiger partial charge in [0.1, 0.15) is 0 Å². The van der Waals surface area contributed by atoms with Gasteiger partial charge >= 0.3 is 6.09 Å². The summed E-state index contributed by atoms with van der Waals surface area (Å²) in [6.07, 6.45) is 2.40. The molecule has 25 heavy (non-hydrogen) atoms. The van der Waals surface area contributed by atoms with Gasteiger partial charge in [-0.05, 0) is 31.2 Å². The number of halogens is 3. The van der Waals surface area contributed by atoms with Crippen LogP contribution in [0.4, 0.5) is 9.18 Å². The van der Waals surface area contributed by atoms with Crippen LogP contribution < -0.4 is 0 Å². The monoisotopic (exact) mass is 437 g/mol. The molecule has 3 rings (SSSR count). The minimum absolute atomic E-state index is 0. The van der Waals surface area contributed by atoms with E-state index in [0.29, 0.717) is 23.9 Å². The first-order valence-corrected chi connectivity index (χ1v) is 8.51. The van der Waals surface area contributed by atoms with E-state index in [1.807, 2.05) is 0 Å². The number of pyridine rings is 1. The lowest BCUT2D eigenvalue weighted by atomic mass is 9.68. The fourth-order valence-electron chi connectivity index (χ4n) is 4.38. The summed E-state index contributed by atoms with van der Waals surface area (Å²) in [7, 11) is 0. The molecular formula is C15H18BrClFN3O4. The average molecular weight is 439 g/mol. The first-order chi connectivity index (χ1) is 11.3. The van der Waals surface area contributed by atoms with Gasteiger partial charge in [0.15, 0.2) is 0 Å². The smallest absolute Gasteiger partial charge is 0.407 e. The maximum atomic E-state index is 14.4. The number of nitrogens with zero attached hydrogens (tertiary/aromatic N) is 3. The second-order valence-electron chi connectivity index (χ2n) is 6.70. The Morgan fingerprint density at radius 3 is 2.96 bits per heavy atom. The van der Waals surface area contributed by atoms with Crippen LogP contribution in [0.25, 0.3) is 0 Å². The van der Waals surface area contributed by atoms with E-state index in [0.717, 1.165) is 6.42 Å². The van der Waals surface area contributed by atoms with Gasteiger partial charge in [-0.25, -0.2) is 9.78 Å². The molecule has 0 spiro atoms. The number of amides is 1. The molecule has 1 aromatic rings. The van der Waals surface area contributed by atoms with Crippen molar-refractivity contribution in [2.75, 3.05) is 19.6 Å².